The molecule has 0 bridgehead atoms. The lowest BCUT2D eigenvalue weighted by atomic mass is 9.91. The fraction of sp³-hybridized carbons (Fsp3) is 0.368. The van der Waals surface area contributed by atoms with E-state index < -0.39 is 0 Å². The van der Waals surface area contributed by atoms with Crippen LogP contribution in [0, 0.1) is 0 Å². The van der Waals surface area contributed by atoms with Gasteiger partial charge < -0.3 is 0 Å². The molecule has 2 heteroatoms. The predicted octanol–water partition coefficient (Wildman–Crippen LogP) is 4.89. The molecule has 1 aliphatic rings. The van der Waals surface area contributed by atoms with Gasteiger partial charge in [0.05, 0.1) is 0 Å². The number of halogens is 1. The highest BCUT2D eigenvalue weighted by molar-refractivity contribution is 6.30. The lowest BCUT2D eigenvalue weighted by Gasteiger charge is -2.33. The van der Waals surface area contributed by atoms with Crippen LogP contribution in [0.5, 0.6) is 0 Å². The fourth-order valence-electron chi connectivity index (χ4n) is 3.28. The molecule has 0 N–H and O–H groups in total. The largest absolute Gasteiger partial charge is 0.298 e. The maximum atomic E-state index is 5.92. The van der Waals surface area contributed by atoms with E-state index in [1.54, 1.807) is 0 Å². The van der Waals surface area contributed by atoms with Crippen molar-refractivity contribution in [1.82, 2.24) is 4.90 Å². The van der Waals surface area contributed by atoms with E-state index >= 15 is 0 Å². The van der Waals surface area contributed by atoms with Crippen LogP contribution >= 0.6 is 11.6 Å². The maximum Gasteiger partial charge on any atom is 0.0406 e. The Bertz CT molecular complexity index is 591. The van der Waals surface area contributed by atoms with Gasteiger partial charge in [0.1, 0.15) is 0 Å². The van der Waals surface area contributed by atoms with Gasteiger partial charge in [-0.25, -0.2) is 0 Å². The Kier molecular flexibility index (Phi) is 4.62. The van der Waals surface area contributed by atoms with Gasteiger partial charge in [-0.1, -0.05) is 54.9 Å². The minimum Gasteiger partial charge on any atom is -0.298 e. The minimum absolute atomic E-state index is 0.644. The molecule has 0 aromatic heterocycles. The first-order valence-corrected chi connectivity index (χ1v) is 8.15. The third-order valence-electron chi connectivity index (χ3n) is 4.37. The van der Waals surface area contributed by atoms with Crippen molar-refractivity contribution in [2.45, 2.75) is 32.2 Å². The molecule has 1 unspecified atom stereocenters. The van der Waals surface area contributed by atoms with E-state index in [4.69, 9.17) is 11.6 Å². The molecule has 2 aromatic carbocycles. The zero-order valence-electron chi connectivity index (χ0n) is 12.6. The highest BCUT2D eigenvalue weighted by Gasteiger charge is 2.20. The highest BCUT2D eigenvalue weighted by Crippen LogP contribution is 2.27. The molecule has 110 valence electrons. The summed E-state index contributed by atoms with van der Waals surface area (Å²) in [6.07, 6.45) is 2.33. The Balaban J connectivity index is 1.54. The van der Waals surface area contributed by atoms with Crippen LogP contribution in [0.3, 0.4) is 0 Å². The Morgan fingerprint density at radius 1 is 1.10 bits per heavy atom. The second-order valence-corrected chi connectivity index (χ2v) is 6.50. The Morgan fingerprint density at radius 3 is 2.67 bits per heavy atom. The summed E-state index contributed by atoms with van der Waals surface area (Å²) in [4.78, 5) is 2.59. The van der Waals surface area contributed by atoms with Crippen molar-refractivity contribution in [3.8, 4) is 0 Å². The molecular weight excluding hydrogens is 278 g/mol. The number of aryl methyl sites for hydroxylation is 1. The van der Waals surface area contributed by atoms with Crippen LogP contribution in [-0.2, 0) is 13.0 Å². The van der Waals surface area contributed by atoms with Crippen LogP contribution in [0.2, 0.25) is 5.02 Å². The van der Waals surface area contributed by atoms with Crippen molar-refractivity contribution in [3.05, 3.63) is 70.2 Å². The van der Waals surface area contributed by atoms with Gasteiger partial charge in [0.2, 0.25) is 0 Å². The van der Waals surface area contributed by atoms with E-state index in [1.807, 2.05) is 12.1 Å². The maximum absolute atomic E-state index is 5.92. The van der Waals surface area contributed by atoms with E-state index in [2.05, 4.69) is 48.2 Å². The molecule has 0 saturated heterocycles. The van der Waals surface area contributed by atoms with Crippen LogP contribution in [-0.4, -0.2) is 18.0 Å². The third-order valence-corrected chi connectivity index (χ3v) is 4.62. The van der Waals surface area contributed by atoms with Crippen molar-refractivity contribution in [2.75, 3.05) is 13.1 Å². The SMILES string of the molecule is CC1CN(CCCc2ccc(Cl)cc2)Cc2ccccc21. The van der Waals surface area contributed by atoms with Gasteiger partial charge >= 0.3 is 0 Å². The van der Waals surface area contributed by atoms with Crippen molar-refractivity contribution in [1.29, 1.82) is 0 Å². The first kappa shape index (κ1) is 14.6. The first-order valence-electron chi connectivity index (χ1n) is 7.77. The molecule has 1 heterocycles. The molecule has 0 aliphatic carbocycles. The van der Waals surface area contributed by atoms with E-state index in [0.717, 1.165) is 18.0 Å². The van der Waals surface area contributed by atoms with Gasteiger partial charge in [-0.2, -0.15) is 0 Å². The zero-order chi connectivity index (χ0) is 14.7. The van der Waals surface area contributed by atoms with Gasteiger partial charge in [0, 0.05) is 18.1 Å². The summed E-state index contributed by atoms with van der Waals surface area (Å²) in [5.74, 6) is 0.644. The number of hydrogen-bond acceptors (Lipinski definition) is 1. The Morgan fingerprint density at radius 2 is 1.86 bits per heavy atom. The molecule has 1 nitrogen and oxygen atoms in total. The average Bonchev–Trinajstić information content (AvgIpc) is 2.49. The van der Waals surface area contributed by atoms with Crippen LogP contribution < -0.4 is 0 Å². The smallest absolute Gasteiger partial charge is 0.0406 e. The van der Waals surface area contributed by atoms with Crippen LogP contribution in [0.1, 0.15) is 36.0 Å². The lowest BCUT2D eigenvalue weighted by Crippen LogP contribution is -2.33. The second-order valence-electron chi connectivity index (χ2n) is 6.06. The molecule has 0 fully saturated rings. The van der Waals surface area contributed by atoms with Crippen molar-refractivity contribution < 1.29 is 0 Å². The Hall–Kier alpha value is -1.31. The number of rotatable bonds is 4. The average molecular weight is 300 g/mol. The summed E-state index contributed by atoms with van der Waals surface area (Å²) in [7, 11) is 0. The first-order chi connectivity index (χ1) is 10.2. The summed E-state index contributed by atoms with van der Waals surface area (Å²) >= 11 is 5.92. The molecule has 0 spiro atoms. The topological polar surface area (TPSA) is 3.24 Å². The standard InChI is InChI=1S/C19H22ClN/c1-15-13-21(14-17-6-2-3-7-19(15)17)12-4-5-16-8-10-18(20)11-9-16/h2-3,6-11,15H,4-5,12-14H2,1H3. The summed E-state index contributed by atoms with van der Waals surface area (Å²) in [5, 5.41) is 0.820. The van der Waals surface area contributed by atoms with E-state index in [0.29, 0.717) is 5.92 Å². The van der Waals surface area contributed by atoms with E-state index in [9.17, 15) is 0 Å². The van der Waals surface area contributed by atoms with Gasteiger partial charge in [-0.15, -0.1) is 0 Å². The predicted molar refractivity (Wildman–Crippen MR) is 89.9 cm³/mol. The van der Waals surface area contributed by atoms with E-state index in [1.165, 1.54) is 36.2 Å². The quantitative estimate of drug-likeness (QED) is 0.777. The van der Waals surface area contributed by atoms with Crippen molar-refractivity contribution >= 4 is 11.6 Å². The zero-order valence-corrected chi connectivity index (χ0v) is 13.3. The van der Waals surface area contributed by atoms with Crippen LogP contribution in [0.15, 0.2) is 48.5 Å². The van der Waals surface area contributed by atoms with Gasteiger partial charge in [0.15, 0.2) is 0 Å². The van der Waals surface area contributed by atoms with Crippen molar-refractivity contribution in [3.63, 3.8) is 0 Å². The van der Waals surface area contributed by atoms with Gasteiger partial charge in [-0.05, 0) is 54.1 Å². The minimum atomic E-state index is 0.644. The third kappa shape index (κ3) is 3.66. The number of benzene rings is 2. The van der Waals surface area contributed by atoms with Crippen LogP contribution in [0.4, 0.5) is 0 Å². The molecule has 2 aromatic rings. The normalized spacial score (nSPS) is 18.5. The molecule has 0 radical (unpaired) electrons. The molecule has 21 heavy (non-hydrogen) atoms. The molecular formula is C19H22ClN. The summed E-state index contributed by atoms with van der Waals surface area (Å²) < 4.78 is 0. The monoisotopic (exact) mass is 299 g/mol. The Labute approximate surface area is 132 Å². The van der Waals surface area contributed by atoms with Crippen LogP contribution in [0.25, 0.3) is 0 Å². The fourth-order valence-corrected chi connectivity index (χ4v) is 3.40. The van der Waals surface area contributed by atoms with Gasteiger partial charge in [-0.3, -0.25) is 4.90 Å². The van der Waals surface area contributed by atoms with E-state index in [-0.39, 0.29) is 0 Å². The molecule has 1 aliphatic heterocycles. The summed E-state index contributed by atoms with van der Waals surface area (Å²) in [5.41, 5.74) is 4.42. The molecule has 0 saturated carbocycles. The van der Waals surface area contributed by atoms with Gasteiger partial charge in [0.25, 0.3) is 0 Å². The number of fused-ring (bicyclic) bond motifs is 1. The molecule has 0 amide bonds. The number of hydrogen-bond donors (Lipinski definition) is 0. The second kappa shape index (κ2) is 6.64. The summed E-state index contributed by atoms with van der Waals surface area (Å²) in [6, 6.07) is 17.1. The molecule has 3 rings (SSSR count). The van der Waals surface area contributed by atoms with Crippen molar-refractivity contribution in [2.24, 2.45) is 0 Å². The highest BCUT2D eigenvalue weighted by atomic mass is 35.5. The summed E-state index contributed by atoms with van der Waals surface area (Å²) in [6.45, 7) is 5.78. The molecule has 1 atom stereocenters. The number of nitrogens with zero attached hydrogens (tertiary/aromatic N) is 1. The lowest BCUT2D eigenvalue weighted by molar-refractivity contribution is 0.232.